The fourth-order valence-corrected chi connectivity index (χ4v) is 3.43. The largest absolute Gasteiger partial charge is 0.543 e. The van der Waals surface area contributed by atoms with Crippen molar-refractivity contribution in [1.82, 2.24) is 0 Å². The fourth-order valence-electron chi connectivity index (χ4n) is 2.42. The summed E-state index contributed by atoms with van der Waals surface area (Å²) < 4.78 is 11.6. The smallest absolute Gasteiger partial charge is 0.250 e. The normalized spacial score (nSPS) is 17.3. The van der Waals surface area contributed by atoms with Crippen LogP contribution in [-0.2, 0) is 11.2 Å². The van der Waals surface area contributed by atoms with Gasteiger partial charge in [0.15, 0.2) is 0 Å². The predicted octanol–water partition coefficient (Wildman–Crippen LogP) is 4.76. The van der Waals surface area contributed by atoms with E-state index in [9.17, 15) is 0 Å². The molecule has 0 atom stereocenters. The van der Waals surface area contributed by atoms with Crippen molar-refractivity contribution >= 4 is 14.4 Å². The summed E-state index contributed by atoms with van der Waals surface area (Å²) in [5.74, 6) is 0.973. The van der Waals surface area contributed by atoms with Crippen molar-refractivity contribution in [1.29, 1.82) is 0 Å². The van der Waals surface area contributed by atoms with Crippen LogP contribution in [-0.4, -0.2) is 27.6 Å². The van der Waals surface area contributed by atoms with Gasteiger partial charge in [-0.2, -0.15) is 0 Å². The molecule has 1 aliphatic rings. The van der Waals surface area contributed by atoms with Gasteiger partial charge in [0.05, 0.1) is 6.61 Å². The summed E-state index contributed by atoms with van der Waals surface area (Å²) in [7, 11) is -0.146. The predicted molar refractivity (Wildman–Crippen MR) is 105 cm³/mol. The van der Waals surface area contributed by atoms with E-state index in [-0.39, 0.29) is 10.6 Å². The second-order valence-corrected chi connectivity index (χ2v) is 13.4. The van der Waals surface area contributed by atoms with E-state index in [0.29, 0.717) is 6.61 Å². The lowest BCUT2D eigenvalue weighted by atomic mass is 10.0. The third-order valence-electron chi connectivity index (χ3n) is 5.19. The minimum atomic E-state index is -1.85. The summed E-state index contributed by atoms with van der Waals surface area (Å²) in [5, 5.41) is 0.181. The summed E-state index contributed by atoms with van der Waals surface area (Å²) in [5.41, 5.74) is 8.75. The Morgan fingerprint density at radius 2 is 1.88 bits per heavy atom. The first-order valence-corrected chi connectivity index (χ1v) is 11.7. The zero-order valence-electron chi connectivity index (χ0n) is 16.1. The Labute approximate surface area is 148 Å². The van der Waals surface area contributed by atoms with Crippen molar-refractivity contribution < 1.29 is 9.16 Å². The van der Waals surface area contributed by atoms with Gasteiger partial charge in [0.2, 0.25) is 8.32 Å². The maximum Gasteiger partial charge on any atom is 0.250 e. The van der Waals surface area contributed by atoms with Crippen LogP contribution in [0.3, 0.4) is 0 Å². The van der Waals surface area contributed by atoms with Crippen molar-refractivity contribution in [2.75, 3.05) is 13.7 Å². The van der Waals surface area contributed by atoms with Gasteiger partial charge < -0.3 is 14.9 Å². The van der Waals surface area contributed by atoms with Crippen molar-refractivity contribution in [3.63, 3.8) is 0 Å². The number of hydrogen-bond acceptors (Lipinski definition) is 3. The second-order valence-electron chi connectivity index (χ2n) is 8.67. The van der Waals surface area contributed by atoms with Crippen LogP contribution < -0.4 is 10.2 Å². The van der Waals surface area contributed by atoms with Gasteiger partial charge in [-0.15, -0.1) is 0 Å². The minimum absolute atomic E-state index is 0.00309. The number of nitrogens with two attached hydrogens (primary N) is 1. The molecule has 1 saturated carbocycles. The third-order valence-corrected chi connectivity index (χ3v) is 9.55. The molecule has 0 radical (unpaired) electrons. The van der Waals surface area contributed by atoms with Crippen LogP contribution in [0.2, 0.25) is 18.1 Å². The Morgan fingerprint density at radius 1 is 1.21 bits per heavy atom. The van der Waals surface area contributed by atoms with Crippen LogP contribution in [0.25, 0.3) is 6.08 Å². The molecule has 2 N–H and O–H groups in total. The molecule has 0 bridgehead atoms. The van der Waals surface area contributed by atoms with Gasteiger partial charge >= 0.3 is 0 Å². The lowest BCUT2D eigenvalue weighted by Crippen LogP contribution is -2.43. The molecular formula is C20H33NO2Si. The van der Waals surface area contributed by atoms with E-state index in [1.807, 2.05) is 6.08 Å². The first-order valence-electron chi connectivity index (χ1n) is 8.82. The molecule has 1 aromatic carbocycles. The Balaban J connectivity index is 2.28. The van der Waals surface area contributed by atoms with Gasteiger partial charge in [-0.05, 0) is 60.7 Å². The van der Waals surface area contributed by atoms with Crippen LogP contribution >= 0.6 is 0 Å². The molecule has 4 heteroatoms. The molecule has 1 fully saturated rings. The summed E-state index contributed by atoms with van der Waals surface area (Å²) >= 11 is 0. The summed E-state index contributed by atoms with van der Waals surface area (Å²) in [6.07, 6.45) is 7.29. The highest BCUT2D eigenvalue weighted by atomic mass is 28.4. The number of benzene rings is 1. The van der Waals surface area contributed by atoms with Crippen LogP contribution in [0.15, 0.2) is 24.3 Å². The molecule has 0 amide bonds. The van der Waals surface area contributed by atoms with Crippen molar-refractivity contribution in [2.24, 2.45) is 5.73 Å². The van der Waals surface area contributed by atoms with Crippen molar-refractivity contribution in [2.45, 2.75) is 63.7 Å². The molecule has 3 nitrogen and oxygen atoms in total. The summed E-state index contributed by atoms with van der Waals surface area (Å²) in [6, 6.07) is 6.53. The van der Waals surface area contributed by atoms with Gasteiger partial charge in [0, 0.05) is 12.6 Å². The first-order chi connectivity index (χ1) is 11.0. The first kappa shape index (κ1) is 19.2. The lowest BCUT2D eigenvalue weighted by molar-refractivity contribution is 0.234. The number of hydrogen-bond donors (Lipinski definition) is 1. The molecule has 0 spiro atoms. The minimum Gasteiger partial charge on any atom is -0.543 e. The maximum absolute atomic E-state index is 6.52. The van der Waals surface area contributed by atoms with E-state index in [4.69, 9.17) is 14.9 Å². The Bertz CT molecular complexity index is 598. The van der Waals surface area contributed by atoms with Gasteiger partial charge in [-0.3, -0.25) is 0 Å². The number of rotatable bonds is 7. The van der Waals surface area contributed by atoms with Crippen molar-refractivity contribution in [3.05, 3.63) is 35.4 Å². The number of ether oxygens (including phenoxy) is 1. The topological polar surface area (TPSA) is 44.5 Å². The van der Waals surface area contributed by atoms with E-state index in [0.717, 1.165) is 30.6 Å². The monoisotopic (exact) mass is 347 g/mol. The van der Waals surface area contributed by atoms with E-state index in [2.05, 4.69) is 58.1 Å². The van der Waals surface area contributed by atoms with E-state index >= 15 is 0 Å². The van der Waals surface area contributed by atoms with E-state index < -0.39 is 8.32 Å². The number of methoxy groups -OCH3 is 1. The lowest BCUT2D eigenvalue weighted by Gasteiger charge is -2.36. The molecule has 0 aromatic heterocycles. The van der Waals surface area contributed by atoms with Crippen LogP contribution in [0.4, 0.5) is 0 Å². The second kappa shape index (κ2) is 7.02. The highest BCUT2D eigenvalue weighted by molar-refractivity contribution is 6.74. The van der Waals surface area contributed by atoms with Crippen LogP contribution in [0, 0.1) is 0 Å². The average Bonchev–Trinajstić information content (AvgIpc) is 3.14. The van der Waals surface area contributed by atoms with E-state index in [1.54, 1.807) is 7.11 Å². The van der Waals surface area contributed by atoms with Gasteiger partial charge in [-0.25, -0.2) is 0 Å². The SMILES string of the molecule is COC/C=C/c1cc(CC2(N)CC2)cc(O[Si](C)(C)C(C)(C)C)c1. The molecule has 134 valence electrons. The summed E-state index contributed by atoms with van der Waals surface area (Å²) in [6.45, 7) is 12.0. The molecule has 0 unspecified atom stereocenters. The zero-order valence-corrected chi connectivity index (χ0v) is 17.1. The fraction of sp³-hybridized carbons (Fsp3) is 0.600. The maximum atomic E-state index is 6.52. The van der Waals surface area contributed by atoms with Gasteiger partial charge in [0.25, 0.3) is 0 Å². The molecule has 0 aliphatic heterocycles. The Hall–Kier alpha value is -1.10. The third kappa shape index (κ3) is 5.20. The standard InChI is InChI=1S/C20H33NO2Si/c1-19(2,3)24(5,6)23-18-13-16(8-7-11-22-4)12-17(14-18)15-20(21)9-10-20/h7-8,12-14H,9-11,15,21H2,1-6H3/b8-7+. The quantitative estimate of drug-likeness (QED) is 0.723. The molecular weight excluding hydrogens is 314 g/mol. The van der Waals surface area contributed by atoms with Gasteiger partial charge in [-0.1, -0.05) is 39.0 Å². The van der Waals surface area contributed by atoms with Crippen LogP contribution in [0.1, 0.15) is 44.7 Å². The average molecular weight is 348 g/mol. The molecule has 0 heterocycles. The molecule has 1 aromatic rings. The molecule has 0 saturated heterocycles. The highest BCUT2D eigenvalue weighted by Crippen LogP contribution is 2.39. The molecule has 2 rings (SSSR count). The molecule has 24 heavy (non-hydrogen) atoms. The highest BCUT2D eigenvalue weighted by Gasteiger charge is 2.40. The molecule has 1 aliphatic carbocycles. The summed E-state index contributed by atoms with van der Waals surface area (Å²) in [4.78, 5) is 0. The van der Waals surface area contributed by atoms with E-state index in [1.165, 1.54) is 5.56 Å². The van der Waals surface area contributed by atoms with Crippen molar-refractivity contribution in [3.8, 4) is 5.75 Å². The Morgan fingerprint density at radius 3 is 2.42 bits per heavy atom. The van der Waals surface area contributed by atoms with Crippen LogP contribution in [0.5, 0.6) is 5.75 Å². The van der Waals surface area contributed by atoms with Gasteiger partial charge in [0.1, 0.15) is 5.75 Å². The Kier molecular flexibility index (Phi) is 5.63. The zero-order chi connectivity index (χ0) is 18.0.